The van der Waals surface area contributed by atoms with Gasteiger partial charge < -0.3 is 15.6 Å². The highest BCUT2D eigenvalue weighted by Crippen LogP contribution is 2.30. The molecular weight excluding hydrogens is 246 g/mol. The molecule has 1 aromatic carbocycles. The van der Waals surface area contributed by atoms with Crippen LogP contribution in [0.5, 0.6) is 5.75 Å². The second-order valence-electron chi connectivity index (χ2n) is 3.14. The molecule has 1 atom stereocenters. The first-order chi connectivity index (χ1) is 6.61. The van der Waals surface area contributed by atoms with Crippen molar-refractivity contribution in [2.45, 2.75) is 19.4 Å². The second kappa shape index (κ2) is 5.22. The molecule has 0 amide bonds. The maximum Gasteiger partial charge on any atom is 0.156 e. The average Bonchev–Trinajstić information content (AvgIpc) is 2.09. The van der Waals surface area contributed by atoms with Crippen molar-refractivity contribution in [1.29, 1.82) is 0 Å². The Labute approximate surface area is 92.0 Å². The largest absolute Gasteiger partial charge is 0.490 e. The Morgan fingerprint density at radius 1 is 1.57 bits per heavy atom. The summed E-state index contributed by atoms with van der Waals surface area (Å²) in [6, 6.07) is 5.50. The fourth-order valence-electron chi connectivity index (χ4n) is 1.01. The van der Waals surface area contributed by atoms with E-state index in [0.29, 0.717) is 24.5 Å². The van der Waals surface area contributed by atoms with E-state index in [1.807, 2.05) is 12.1 Å². The van der Waals surface area contributed by atoms with Crippen molar-refractivity contribution in [1.82, 2.24) is 0 Å². The van der Waals surface area contributed by atoms with Crippen LogP contribution in [0.2, 0.25) is 0 Å². The van der Waals surface area contributed by atoms with E-state index in [2.05, 4.69) is 15.9 Å². The zero-order valence-electron chi connectivity index (χ0n) is 8.03. The van der Waals surface area contributed by atoms with Gasteiger partial charge in [0.2, 0.25) is 0 Å². The van der Waals surface area contributed by atoms with Crippen LogP contribution in [0.25, 0.3) is 0 Å². The molecule has 0 bridgehead atoms. The molecule has 0 aliphatic rings. The van der Waals surface area contributed by atoms with Gasteiger partial charge in [0.25, 0.3) is 0 Å². The Bertz CT molecular complexity index is 282. The zero-order valence-corrected chi connectivity index (χ0v) is 9.62. The molecule has 0 aliphatic carbocycles. The van der Waals surface area contributed by atoms with Gasteiger partial charge in [-0.15, -0.1) is 0 Å². The molecule has 0 radical (unpaired) electrons. The van der Waals surface area contributed by atoms with E-state index in [0.717, 1.165) is 4.47 Å². The number of nitrogen functional groups attached to an aromatic ring is 1. The Balaban J connectivity index is 2.58. The highest BCUT2D eigenvalue weighted by Gasteiger charge is 2.05. The third-order valence-corrected chi connectivity index (χ3v) is 2.40. The molecule has 0 spiro atoms. The Morgan fingerprint density at radius 2 is 2.29 bits per heavy atom. The summed E-state index contributed by atoms with van der Waals surface area (Å²) < 4.78 is 6.28. The van der Waals surface area contributed by atoms with Gasteiger partial charge in [0.15, 0.2) is 5.75 Å². The fourth-order valence-corrected chi connectivity index (χ4v) is 1.51. The molecule has 1 rings (SSSR count). The Morgan fingerprint density at radius 3 is 2.86 bits per heavy atom. The van der Waals surface area contributed by atoms with Crippen LogP contribution in [-0.2, 0) is 0 Å². The minimum Gasteiger partial charge on any atom is -0.490 e. The minimum atomic E-state index is -0.348. The first-order valence-electron chi connectivity index (χ1n) is 4.46. The number of hydrogen-bond donors (Lipinski definition) is 2. The van der Waals surface area contributed by atoms with Gasteiger partial charge >= 0.3 is 0 Å². The van der Waals surface area contributed by atoms with Crippen molar-refractivity contribution in [3.63, 3.8) is 0 Å². The van der Waals surface area contributed by atoms with Crippen LogP contribution >= 0.6 is 15.9 Å². The quantitative estimate of drug-likeness (QED) is 0.816. The van der Waals surface area contributed by atoms with E-state index in [1.165, 1.54) is 0 Å². The number of rotatable bonds is 4. The Kier molecular flexibility index (Phi) is 4.22. The molecule has 3 nitrogen and oxygen atoms in total. The lowest BCUT2D eigenvalue weighted by atomic mass is 10.3. The summed E-state index contributed by atoms with van der Waals surface area (Å²) in [6.07, 6.45) is 0.250. The average molecular weight is 260 g/mol. The number of aliphatic hydroxyl groups excluding tert-OH is 1. The maximum atomic E-state index is 9.05. The molecule has 0 saturated heterocycles. The third-order valence-electron chi connectivity index (χ3n) is 1.78. The summed E-state index contributed by atoms with van der Waals surface area (Å²) >= 11 is 3.35. The number of halogens is 1. The van der Waals surface area contributed by atoms with Gasteiger partial charge in [0.05, 0.1) is 22.9 Å². The molecule has 1 aromatic rings. The summed E-state index contributed by atoms with van der Waals surface area (Å²) in [5, 5.41) is 9.05. The predicted octanol–water partition coefficient (Wildman–Crippen LogP) is 2.18. The molecule has 78 valence electrons. The standard InChI is InChI=1S/C10H14BrNO2/c1-7(13)5-6-14-10-8(11)3-2-4-9(10)12/h2-4,7,13H,5-6,12H2,1H3. The molecule has 4 heteroatoms. The van der Waals surface area contributed by atoms with Crippen LogP contribution in [0.4, 0.5) is 5.69 Å². The summed E-state index contributed by atoms with van der Waals surface area (Å²) in [4.78, 5) is 0. The molecule has 0 aliphatic heterocycles. The SMILES string of the molecule is CC(O)CCOc1c(N)cccc1Br. The van der Waals surface area contributed by atoms with Crippen molar-refractivity contribution in [3.8, 4) is 5.75 Å². The van der Waals surface area contributed by atoms with E-state index < -0.39 is 0 Å². The molecule has 0 aromatic heterocycles. The second-order valence-corrected chi connectivity index (χ2v) is 4.00. The normalized spacial score (nSPS) is 12.5. The highest BCUT2D eigenvalue weighted by molar-refractivity contribution is 9.10. The van der Waals surface area contributed by atoms with Crippen LogP contribution in [0, 0.1) is 0 Å². The molecule has 0 fully saturated rings. The van der Waals surface area contributed by atoms with Crippen LogP contribution in [0.3, 0.4) is 0 Å². The fraction of sp³-hybridized carbons (Fsp3) is 0.400. The summed E-state index contributed by atoms with van der Waals surface area (Å²) in [7, 11) is 0. The van der Waals surface area contributed by atoms with Crippen molar-refractivity contribution in [2.75, 3.05) is 12.3 Å². The number of benzene rings is 1. The minimum absolute atomic E-state index is 0.348. The first-order valence-corrected chi connectivity index (χ1v) is 5.25. The van der Waals surface area contributed by atoms with Gasteiger partial charge in [-0.3, -0.25) is 0 Å². The molecule has 3 N–H and O–H groups in total. The van der Waals surface area contributed by atoms with Crippen molar-refractivity contribution in [2.24, 2.45) is 0 Å². The van der Waals surface area contributed by atoms with Gasteiger partial charge in [-0.1, -0.05) is 6.07 Å². The van der Waals surface area contributed by atoms with Crippen molar-refractivity contribution >= 4 is 21.6 Å². The number of hydrogen-bond acceptors (Lipinski definition) is 3. The van der Waals surface area contributed by atoms with Crippen LogP contribution in [0.15, 0.2) is 22.7 Å². The topological polar surface area (TPSA) is 55.5 Å². The van der Waals surface area contributed by atoms with Crippen molar-refractivity contribution < 1.29 is 9.84 Å². The van der Waals surface area contributed by atoms with Crippen LogP contribution in [0.1, 0.15) is 13.3 Å². The van der Waals surface area contributed by atoms with Crippen molar-refractivity contribution in [3.05, 3.63) is 22.7 Å². The van der Waals surface area contributed by atoms with Gasteiger partial charge in [-0.2, -0.15) is 0 Å². The van der Waals surface area contributed by atoms with Crippen LogP contribution < -0.4 is 10.5 Å². The van der Waals surface area contributed by atoms with E-state index in [9.17, 15) is 0 Å². The number of nitrogens with two attached hydrogens (primary N) is 1. The van der Waals surface area contributed by atoms with Gasteiger partial charge in [0, 0.05) is 6.42 Å². The molecular formula is C10H14BrNO2. The highest BCUT2D eigenvalue weighted by atomic mass is 79.9. The lowest BCUT2D eigenvalue weighted by Crippen LogP contribution is -2.08. The smallest absolute Gasteiger partial charge is 0.156 e. The zero-order chi connectivity index (χ0) is 10.6. The monoisotopic (exact) mass is 259 g/mol. The predicted molar refractivity (Wildman–Crippen MR) is 60.3 cm³/mol. The summed E-state index contributed by atoms with van der Waals surface area (Å²) in [5.74, 6) is 0.646. The maximum absolute atomic E-state index is 9.05. The van der Waals surface area contributed by atoms with Crippen LogP contribution in [-0.4, -0.2) is 17.8 Å². The number of ether oxygens (including phenoxy) is 1. The van der Waals surface area contributed by atoms with E-state index in [4.69, 9.17) is 15.6 Å². The molecule has 1 unspecified atom stereocenters. The third kappa shape index (κ3) is 3.20. The summed E-state index contributed by atoms with van der Waals surface area (Å²) in [6.45, 7) is 2.19. The van der Waals surface area contributed by atoms with E-state index in [-0.39, 0.29) is 6.10 Å². The molecule has 0 saturated carbocycles. The van der Waals surface area contributed by atoms with Gasteiger partial charge in [-0.05, 0) is 35.0 Å². The summed E-state index contributed by atoms with van der Waals surface area (Å²) in [5.41, 5.74) is 6.32. The van der Waals surface area contributed by atoms with Gasteiger partial charge in [-0.25, -0.2) is 0 Å². The van der Waals surface area contributed by atoms with E-state index >= 15 is 0 Å². The Hall–Kier alpha value is -0.740. The lowest BCUT2D eigenvalue weighted by Gasteiger charge is -2.11. The van der Waals surface area contributed by atoms with Gasteiger partial charge in [0.1, 0.15) is 0 Å². The number of para-hydroxylation sites is 1. The molecule has 14 heavy (non-hydrogen) atoms. The lowest BCUT2D eigenvalue weighted by molar-refractivity contribution is 0.155. The number of aliphatic hydroxyl groups is 1. The molecule has 0 heterocycles. The van der Waals surface area contributed by atoms with E-state index in [1.54, 1.807) is 13.0 Å². The number of anilines is 1. The first kappa shape index (κ1) is 11.3.